The van der Waals surface area contributed by atoms with Gasteiger partial charge in [-0.05, 0) is 136 Å². The average molecular weight is 674 g/mol. The van der Waals surface area contributed by atoms with Crippen molar-refractivity contribution >= 4 is 11.6 Å². The first-order valence-electron chi connectivity index (χ1n) is 19.6. The number of carbonyl (C=O) groups is 2. The van der Waals surface area contributed by atoms with Crippen LogP contribution in [0.15, 0.2) is 29.3 Å². The number of aliphatic hydroxyl groups excluding tert-OH is 1. The number of epoxide rings is 1. The monoisotopic (exact) mass is 673 g/mol. The number of hydrogen-bond donors (Lipinski definition) is 3. The highest BCUT2D eigenvalue weighted by molar-refractivity contribution is 6.01. The van der Waals surface area contributed by atoms with Gasteiger partial charge in [-0.15, -0.1) is 0 Å². The van der Waals surface area contributed by atoms with E-state index in [1.807, 2.05) is 13.1 Å². The van der Waals surface area contributed by atoms with E-state index in [0.717, 1.165) is 61.6 Å². The van der Waals surface area contributed by atoms with Crippen molar-refractivity contribution in [2.75, 3.05) is 7.05 Å². The molecule has 6 aliphatic rings. The Morgan fingerprint density at radius 3 is 2.29 bits per heavy atom. The topological polar surface area (TPSA) is 99.2 Å². The van der Waals surface area contributed by atoms with Gasteiger partial charge in [-0.3, -0.25) is 9.59 Å². The molecule has 49 heavy (non-hydrogen) atoms. The normalized spacial score (nSPS) is 39.6. The predicted molar refractivity (Wildman–Crippen MR) is 193 cm³/mol. The fourth-order valence-electron chi connectivity index (χ4n) is 13.3. The van der Waals surface area contributed by atoms with E-state index in [-0.39, 0.29) is 51.5 Å². The van der Waals surface area contributed by atoms with Crippen LogP contribution in [0.2, 0.25) is 0 Å². The molecule has 0 amide bonds. The second-order valence-electron chi connectivity index (χ2n) is 19.2. The summed E-state index contributed by atoms with van der Waals surface area (Å²) in [6.45, 7) is 16.5. The van der Waals surface area contributed by atoms with Crippen molar-refractivity contribution in [1.82, 2.24) is 5.32 Å². The minimum absolute atomic E-state index is 0.0717. The van der Waals surface area contributed by atoms with E-state index in [0.29, 0.717) is 42.8 Å². The molecule has 1 aromatic rings. The van der Waals surface area contributed by atoms with Crippen LogP contribution < -0.4 is 5.32 Å². The molecule has 0 radical (unpaired) electrons. The van der Waals surface area contributed by atoms with Gasteiger partial charge in [-0.1, -0.05) is 65.5 Å². The zero-order valence-electron chi connectivity index (χ0n) is 31.6. The van der Waals surface area contributed by atoms with Crippen LogP contribution in [0.1, 0.15) is 143 Å². The van der Waals surface area contributed by atoms with E-state index in [4.69, 9.17) is 4.74 Å². The van der Waals surface area contributed by atoms with Crippen LogP contribution in [-0.2, 0) is 20.9 Å². The highest BCUT2D eigenvalue weighted by Crippen LogP contribution is 2.75. The van der Waals surface area contributed by atoms with Crippen LogP contribution in [0.4, 0.5) is 0 Å². The van der Waals surface area contributed by atoms with Crippen LogP contribution in [-0.4, -0.2) is 46.6 Å². The molecule has 1 heterocycles. The summed E-state index contributed by atoms with van der Waals surface area (Å²) in [4.78, 5) is 29.0. The smallest absolute Gasteiger partial charge is 0.160 e. The Morgan fingerprint density at radius 2 is 1.63 bits per heavy atom. The van der Waals surface area contributed by atoms with Crippen molar-refractivity contribution in [2.24, 2.45) is 45.3 Å². The predicted octanol–water partition coefficient (Wildman–Crippen LogP) is 8.43. The van der Waals surface area contributed by atoms with Gasteiger partial charge in [-0.25, -0.2) is 0 Å². The number of allylic oxidation sites excluding steroid dienone is 2. The summed E-state index contributed by atoms with van der Waals surface area (Å²) >= 11 is 0. The van der Waals surface area contributed by atoms with Gasteiger partial charge in [0.05, 0.1) is 11.7 Å². The molecule has 0 bridgehead atoms. The van der Waals surface area contributed by atoms with Gasteiger partial charge in [0.1, 0.15) is 17.6 Å². The summed E-state index contributed by atoms with van der Waals surface area (Å²) in [7, 11) is 1.90. The minimum atomic E-state index is -0.555. The number of phenols is 1. The highest BCUT2D eigenvalue weighted by atomic mass is 16.6. The molecule has 9 atom stereocenters. The summed E-state index contributed by atoms with van der Waals surface area (Å²) in [5, 5.41) is 25.4. The number of hydrogen-bond acceptors (Lipinski definition) is 6. The second kappa shape index (κ2) is 12.0. The number of phenolic OH excluding ortho intramolecular Hbond substituents is 1. The Kier molecular flexibility index (Phi) is 8.68. The molecule has 4 saturated carbocycles. The molecular formula is C43H63NO5. The van der Waals surface area contributed by atoms with Crippen molar-refractivity contribution in [1.29, 1.82) is 0 Å². The Morgan fingerprint density at radius 1 is 0.939 bits per heavy atom. The maximum absolute atomic E-state index is 14.6. The third kappa shape index (κ3) is 5.43. The van der Waals surface area contributed by atoms with E-state index in [2.05, 4.69) is 59.8 Å². The molecule has 270 valence electrons. The van der Waals surface area contributed by atoms with Crippen LogP contribution in [0, 0.1) is 45.3 Å². The zero-order chi connectivity index (χ0) is 35.3. The number of aliphatic hydroxyl groups is 1. The largest absolute Gasteiger partial charge is 0.508 e. The lowest BCUT2D eigenvalue weighted by Crippen LogP contribution is -2.63. The maximum Gasteiger partial charge on any atom is 0.160 e. The van der Waals surface area contributed by atoms with Crippen LogP contribution in [0.25, 0.3) is 0 Å². The second-order valence-corrected chi connectivity index (χ2v) is 19.2. The molecule has 1 aliphatic heterocycles. The molecule has 5 fully saturated rings. The Hall–Kier alpha value is -2.02. The molecule has 1 saturated heterocycles. The number of Topliss-reactive ketones (excluding diaryl/α,β-unsaturated/α-hetero) is 2. The summed E-state index contributed by atoms with van der Waals surface area (Å²) < 4.78 is 5.92. The molecule has 3 N–H and O–H groups in total. The lowest BCUT2D eigenvalue weighted by atomic mass is 9.35. The van der Waals surface area contributed by atoms with E-state index in [1.54, 1.807) is 6.07 Å². The van der Waals surface area contributed by atoms with E-state index < -0.39 is 11.5 Å². The lowest BCUT2D eigenvalue weighted by Gasteiger charge is -2.68. The molecule has 7 rings (SSSR count). The number of aromatic hydroxyl groups is 1. The third-order valence-corrected chi connectivity index (χ3v) is 15.8. The van der Waals surface area contributed by atoms with Gasteiger partial charge in [0.25, 0.3) is 0 Å². The maximum atomic E-state index is 14.6. The first-order valence-corrected chi connectivity index (χ1v) is 19.6. The Balaban J connectivity index is 1.26. The molecule has 6 nitrogen and oxygen atoms in total. The molecular weight excluding hydrogens is 610 g/mol. The molecule has 6 heteroatoms. The van der Waals surface area contributed by atoms with Crippen LogP contribution in [0.3, 0.4) is 0 Å². The van der Waals surface area contributed by atoms with Crippen molar-refractivity contribution in [3.05, 3.63) is 40.5 Å². The number of ketones is 2. The number of rotatable bonds is 8. The van der Waals surface area contributed by atoms with Gasteiger partial charge in [0.2, 0.25) is 0 Å². The molecule has 1 aromatic carbocycles. The fourth-order valence-corrected chi connectivity index (χ4v) is 13.3. The molecule has 0 unspecified atom stereocenters. The van der Waals surface area contributed by atoms with Gasteiger partial charge >= 0.3 is 0 Å². The average Bonchev–Trinajstić information content (AvgIpc) is 3.59. The fraction of sp³-hybridized carbons (Fsp3) is 0.767. The van der Waals surface area contributed by atoms with Crippen molar-refractivity contribution in [3.63, 3.8) is 0 Å². The standard InChI is InChI=1S/C43H63NO5/c1-39(2)34-16-17-42(6)35(41(34,5)22-30(37(39)48)27-18-25(24-44-8)19-28(45)20-27)15-14-31-36(33(47)23-43(31,42)7)29(26-12-10-9-11-13-26)21-32(46)38-40(3,4)49-38/h18-20,26,29-30,32,34-35,38,44-46H,9-17,21-24H2,1-8H3/t29-,30+,32+,34+,35+,38-,41+,42-,43-/m0/s1. The van der Waals surface area contributed by atoms with Gasteiger partial charge in [0.15, 0.2) is 5.78 Å². The van der Waals surface area contributed by atoms with Gasteiger partial charge < -0.3 is 20.3 Å². The number of fused-ring (bicyclic) bond motifs is 5. The third-order valence-electron chi connectivity index (χ3n) is 15.8. The minimum Gasteiger partial charge on any atom is -0.508 e. The summed E-state index contributed by atoms with van der Waals surface area (Å²) in [6, 6.07) is 5.74. The number of benzene rings is 1. The number of nitrogens with one attached hydrogen (secondary N) is 1. The lowest BCUT2D eigenvalue weighted by molar-refractivity contribution is -0.183. The number of ether oxygens (including phenoxy) is 1. The SMILES string of the molecule is CNCc1cc(O)cc([C@H]2C[C@]3(C)[C@H](CC[C@@]4(C)[C@@H]3CCC3=C([C@@H](C[C@@H](O)[C@@H]5OC5(C)C)C5CCCCC5)C(=O)C[C@@]34C)C(C)(C)C2=O)c1. The molecule has 0 aromatic heterocycles. The zero-order valence-corrected chi connectivity index (χ0v) is 31.6. The quantitative estimate of drug-likeness (QED) is 0.240. The number of carbonyl (C=O) groups excluding carboxylic acids is 2. The summed E-state index contributed by atoms with van der Waals surface area (Å²) in [5.41, 5.74) is 3.27. The van der Waals surface area contributed by atoms with E-state index >= 15 is 0 Å². The van der Waals surface area contributed by atoms with Crippen molar-refractivity contribution in [3.8, 4) is 5.75 Å². The molecule has 0 spiro atoms. The first kappa shape index (κ1) is 35.4. The Bertz CT molecular complexity index is 1540. The highest BCUT2D eigenvalue weighted by Gasteiger charge is 2.69. The summed E-state index contributed by atoms with van der Waals surface area (Å²) in [5.74, 6) is 1.78. The first-order chi connectivity index (χ1) is 23.0. The van der Waals surface area contributed by atoms with Crippen molar-refractivity contribution in [2.45, 2.75) is 156 Å². The van der Waals surface area contributed by atoms with Gasteiger partial charge in [-0.2, -0.15) is 0 Å². The van der Waals surface area contributed by atoms with E-state index in [1.165, 1.54) is 24.8 Å². The summed E-state index contributed by atoms with van der Waals surface area (Å²) in [6.07, 6.45) is 11.2. The van der Waals surface area contributed by atoms with Crippen LogP contribution in [0.5, 0.6) is 5.75 Å². The van der Waals surface area contributed by atoms with Crippen LogP contribution >= 0.6 is 0 Å². The van der Waals surface area contributed by atoms with Gasteiger partial charge in [0, 0.05) is 29.7 Å². The van der Waals surface area contributed by atoms with Crippen molar-refractivity contribution < 1.29 is 24.5 Å². The molecule has 5 aliphatic carbocycles. The van der Waals surface area contributed by atoms with E-state index in [9.17, 15) is 19.8 Å². The Labute approximate surface area is 295 Å².